The van der Waals surface area contributed by atoms with Crippen molar-refractivity contribution < 1.29 is 19.4 Å². The van der Waals surface area contributed by atoms with Crippen molar-refractivity contribution >= 4 is 23.5 Å². The number of phenolic OH excluding ortho intramolecular Hbond substituents is 1. The lowest BCUT2D eigenvalue weighted by atomic mass is 10.0. The molecule has 132 valence electrons. The molecule has 0 unspecified atom stereocenters. The molecule has 2 rings (SSSR count). The Kier molecular flexibility index (Phi) is 6.83. The van der Waals surface area contributed by atoms with Gasteiger partial charge in [0.25, 0.3) is 5.91 Å². The summed E-state index contributed by atoms with van der Waals surface area (Å²) in [6.45, 7) is 1.60. The van der Waals surface area contributed by atoms with Gasteiger partial charge >= 0.3 is 5.97 Å². The average molecular weight is 362 g/mol. The van der Waals surface area contributed by atoms with Gasteiger partial charge in [0, 0.05) is 5.02 Å². The lowest BCUT2D eigenvalue weighted by molar-refractivity contribution is -0.125. The molecule has 6 heteroatoms. The summed E-state index contributed by atoms with van der Waals surface area (Å²) in [7, 11) is 0. The van der Waals surface area contributed by atoms with Crippen molar-refractivity contribution in [2.45, 2.75) is 25.8 Å². The lowest BCUT2D eigenvalue weighted by Crippen LogP contribution is -2.32. The number of phenols is 1. The highest BCUT2D eigenvalue weighted by molar-refractivity contribution is 6.31. The molecule has 0 bridgehead atoms. The molecule has 1 amide bonds. The molecule has 2 N–H and O–H groups in total. The summed E-state index contributed by atoms with van der Waals surface area (Å²) in [6.07, 6.45) is 1.68. The maximum Gasteiger partial charge on any atom is 0.342 e. The summed E-state index contributed by atoms with van der Waals surface area (Å²) in [6, 6.07) is 13.5. The Morgan fingerprint density at radius 3 is 2.60 bits per heavy atom. The fraction of sp³-hybridized carbons (Fsp3) is 0.263. The summed E-state index contributed by atoms with van der Waals surface area (Å²) in [5, 5.41) is 12.8. The highest BCUT2D eigenvalue weighted by Crippen LogP contribution is 2.22. The van der Waals surface area contributed by atoms with E-state index in [1.54, 1.807) is 0 Å². The fourth-order valence-electron chi connectivity index (χ4n) is 2.41. The number of rotatable bonds is 7. The highest BCUT2D eigenvalue weighted by atomic mass is 35.5. The van der Waals surface area contributed by atoms with E-state index < -0.39 is 18.5 Å². The summed E-state index contributed by atoms with van der Waals surface area (Å²) < 4.78 is 4.97. The second-order valence-corrected chi connectivity index (χ2v) is 5.99. The van der Waals surface area contributed by atoms with Gasteiger partial charge in [-0.1, -0.05) is 55.3 Å². The molecule has 2 aromatic rings. The van der Waals surface area contributed by atoms with Gasteiger partial charge in [-0.3, -0.25) is 4.79 Å². The summed E-state index contributed by atoms with van der Waals surface area (Å²) >= 11 is 5.80. The minimum absolute atomic E-state index is 0.0755. The molecule has 1 atom stereocenters. The van der Waals surface area contributed by atoms with Crippen molar-refractivity contribution in [3.63, 3.8) is 0 Å². The van der Waals surface area contributed by atoms with E-state index in [-0.39, 0.29) is 17.4 Å². The third-order valence-corrected chi connectivity index (χ3v) is 3.86. The van der Waals surface area contributed by atoms with E-state index in [2.05, 4.69) is 5.32 Å². The topological polar surface area (TPSA) is 75.6 Å². The number of halogens is 1. The van der Waals surface area contributed by atoms with Crippen LogP contribution < -0.4 is 5.32 Å². The van der Waals surface area contributed by atoms with Crippen molar-refractivity contribution in [1.82, 2.24) is 5.32 Å². The molecule has 0 spiro atoms. The number of esters is 1. The molecule has 0 radical (unpaired) electrons. The van der Waals surface area contributed by atoms with Crippen LogP contribution in [0.2, 0.25) is 5.02 Å². The van der Waals surface area contributed by atoms with Crippen LogP contribution >= 0.6 is 11.6 Å². The zero-order valence-corrected chi connectivity index (χ0v) is 14.6. The van der Waals surface area contributed by atoms with Crippen LogP contribution in [0.25, 0.3) is 0 Å². The van der Waals surface area contributed by atoms with Gasteiger partial charge in [-0.15, -0.1) is 0 Å². The smallest absolute Gasteiger partial charge is 0.342 e. The van der Waals surface area contributed by atoms with E-state index in [0.29, 0.717) is 5.02 Å². The number of ether oxygens (including phenoxy) is 1. The first-order valence-corrected chi connectivity index (χ1v) is 8.39. The predicted octanol–water partition coefficient (Wildman–Crippen LogP) is 3.86. The zero-order valence-electron chi connectivity index (χ0n) is 13.9. The molecule has 0 saturated heterocycles. The molecule has 0 aromatic heterocycles. The maximum atomic E-state index is 12.1. The zero-order chi connectivity index (χ0) is 18.2. The molecule has 0 aliphatic carbocycles. The van der Waals surface area contributed by atoms with Crippen LogP contribution in [0.1, 0.15) is 41.7 Å². The molecule has 0 aliphatic rings. The Labute approximate surface area is 151 Å². The third kappa shape index (κ3) is 5.50. The number of aromatic hydroxyl groups is 1. The third-order valence-electron chi connectivity index (χ3n) is 3.63. The van der Waals surface area contributed by atoms with Crippen molar-refractivity contribution in [3.8, 4) is 5.75 Å². The Morgan fingerprint density at radius 2 is 1.92 bits per heavy atom. The number of hydrogen-bond acceptors (Lipinski definition) is 4. The highest BCUT2D eigenvalue weighted by Gasteiger charge is 2.17. The molecule has 0 aliphatic heterocycles. The monoisotopic (exact) mass is 361 g/mol. The van der Waals surface area contributed by atoms with Crippen LogP contribution in [0.15, 0.2) is 48.5 Å². The molecule has 25 heavy (non-hydrogen) atoms. The fourth-order valence-corrected chi connectivity index (χ4v) is 2.58. The van der Waals surface area contributed by atoms with E-state index >= 15 is 0 Å². The minimum Gasteiger partial charge on any atom is -0.507 e. The molecule has 0 heterocycles. The Hall–Kier alpha value is -2.53. The first kappa shape index (κ1) is 18.8. The van der Waals surface area contributed by atoms with Crippen molar-refractivity contribution in [1.29, 1.82) is 0 Å². The molecule has 5 nitrogen and oxygen atoms in total. The van der Waals surface area contributed by atoms with Gasteiger partial charge in [-0.2, -0.15) is 0 Å². The molecular formula is C19H20ClNO4. The van der Waals surface area contributed by atoms with Crippen molar-refractivity contribution in [3.05, 3.63) is 64.7 Å². The predicted molar refractivity (Wildman–Crippen MR) is 95.6 cm³/mol. The van der Waals surface area contributed by atoms with Crippen molar-refractivity contribution in [2.75, 3.05) is 6.61 Å². The Balaban J connectivity index is 1.94. The number of carbonyl (C=O) groups excluding carboxylic acids is 2. The van der Waals surface area contributed by atoms with Crippen LogP contribution in [0.4, 0.5) is 0 Å². The number of hydrogen-bond donors (Lipinski definition) is 2. The first-order chi connectivity index (χ1) is 12.0. The Bertz CT molecular complexity index is 733. The van der Waals surface area contributed by atoms with Crippen LogP contribution in [-0.4, -0.2) is 23.6 Å². The average Bonchev–Trinajstić information content (AvgIpc) is 2.62. The van der Waals surface area contributed by atoms with E-state index in [1.807, 2.05) is 37.3 Å². The van der Waals surface area contributed by atoms with E-state index in [1.165, 1.54) is 18.2 Å². The summed E-state index contributed by atoms with van der Waals surface area (Å²) in [5.74, 6) is -1.46. The maximum absolute atomic E-state index is 12.1. The minimum atomic E-state index is -0.804. The van der Waals surface area contributed by atoms with E-state index in [9.17, 15) is 14.7 Å². The van der Waals surface area contributed by atoms with Gasteiger partial charge < -0.3 is 15.2 Å². The van der Waals surface area contributed by atoms with Gasteiger partial charge in [0.15, 0.2) is 6.61 Å². The molecule has 0 saturated carbocycles. The van der Waals surface area contributed by atoms with Crippen LogP contribution in [0.3, 0.4) is 0 Å². The SMILES string of the molecule is CCC[C@@H](NC(=O)COC(=O)c1cc(Cl)ccc1O)c1ccccc1. The summed E-state index contributed by atoms with van der Waals surface area (Å²) in [4.78, 5) is 24.1. The second kappa shape index (κ2) is 9.08. The van der Waals surface area contributed by atoms with Gasteiger partial charge in [-0.05, 0) is 30.2 Å². The normalized spacial score (nSPS) is 11.6. The largest absolute Gasteiger partial charge is 0.507 e. The van der Waals surface area contributed by atoms with Gasteiger partial charge in [-0.25, -0.2) is 4.79 Å². The van der Waals surface area contributed by atoms with E-state index in [4.69, 9.17) is 16.3 Å². The van der Waals surface area contributed by atoms with E-state index in [0.717, 1.165) is 18.4 Å². The number of amides is 1. The second-order valence-electron chi connectivity index (χ2n) is 5.56. The number of carbonyl (C=O) groups is 2. The van der Waals surface area contributed by atoms with Gasteiger partial charge in [0.05, 0.1) is 6.04 Å². The van der Waals surface area contributed by atoms with Gasteiger partial charge in [0.1, 0.15) is 11.3 Å². The van der Waals surface area contributed by atoms with Gasteiger partial charge in [0.2, 0.25) is 0 Å². The molecular weight excluding hydrogens is 342 g/mol. The first-order valence-electron chi connectivity index (χ1n) is 8.01. The standard InChI is InChI=1S/C19H20ClNO4/c1-2-6-16(13-7-4-3-5-8-13)21-18(23)12-25-19(24)15-11-14(20)9-10-17(15)22/h3-5,7-11,16,22H,2,6,12H2,1H3,(H,21,23)/t16-/m1/s1. The number of nitrogens with one attached hydrogen (secondary N) is 1. The quantitative estimate of drug-likeness (QED) is 0.734. The molecule has 0 fully saturated rings. The lowest BCUT2D eigenvalue weighted by Gasteiger charge is -2.18. The molecule has 2 aromatic carbocycles. The van der Waals surface area contributed by atoms with Crippen molar-refractivity contribution in [2.24, 2.45) is 0 Å². The summed E-state index contributed by atoms with van der Waals surface area (Å²) in [5.41, 5.74) is 0.921. The Morgan fingerprint density at radius 1 is 1.20 bits per heavy atom. The number of benzene rings is 2. The van der Waals surface area contributed by atoms with Crippen LogP contribution in [0, 0.1) is 0 Å². The van der Waals surface area contributed by atoms with Crippen LogP contribution in [-0.2, 0) is 9.53 Å². The van der Waals surface area contributed by atoms with Crippen LogP contribution in [0.5, 0.6) is 5.75 Å².